The molecule has 2 rings (SSSR count). The first-order chi connectivity index (χ1) is 9.35. The van der Waals surface area contributed by atoms with Crippen LogP contribution in [0.4, 0.5) is 11.6 Å². The van der Waals surface area contributed by atoms with E-state index in [0.717, 1.165) is 12.5 Å². The molecule has 1 saturated carbocycles. The summed E-state index contributed by atoms with van der Waals surface area (Å²) in [6.07, 6.45) is 9.52. The van der Waals surface area contributed by atoms with Crippen LogP contribution in [0.3, 0.4) is 0 Å². The third-order valence-electron chi connectivity index (χ3n) is 3.71. The van der Waals surface area contributed by atoms with Gasteiger partial charge in [-0.25, -0.2) is 15.8 Å². The number of rotatable bonds is 6. The van der Waals surface area contributed by atoms with E-state index in [1.807, 2.05) is 0 Å². The highest BCUT2D eigenvalue weighted by molar-refractivity contribution is 5.62. The molecule has 6 nitrogen and oxygen atoms in total. The molecular formula is C13H23N5O. The summed E-state index contributed by atoms with van der Waals surface area (Å²) in [5, 5.41) is 3.31. The predicted molar refractivity (Wildman–Crippen MR) is 76.1 cm³/mol. The molecular weight excluding hydrogens is 242 g/mol. The normalized spacial score (nSPS) is 16.1. The van der Waals surface area contributed by atoms with E-state index in [9.17, 15) is 0 Å². The quantitative estimate of drug-likeness (QED) is 0.540. The Hall–Kier alpha value is -1.56. The van der Waals surface area contributed by atoms with E-state index in [-0.39, 0.29) is 0 Å². The molecule has 0 atom stereocenters. The number of nitrogens with one attached hydrogen (secondary N) is 2. The maximum atomic E-state index is 5.39. The number of methoxy groups -OCH3 is 1. The Labute approximate surface area is 114 Å². The van der Waals surface area contributed by atoms with Crippen LogP contribution in [0.15, 0.2) is 6.33 Å². The Bertz CT molecular complexity index is 393. The van der Waals surface area contributed by atoms with Gasteiger partial charge in [-0.2, -0.15) is 0 Å². The highest BCUT2D eigenvalue weighted by Crippen LogP contribution is 2.29. The first-order valence-electron chi connectivity index (χ1n) is 6.94. The molecule has 0 amide bonds. The third kappa shape index (κ3) is 3.70. The van der Waals surface area contributed by atoms with Gasteiger partial charge in [-0.1, -0.05) is 32.1 Å². The molecule has 0 aliphatic heterocycles. The number of nitrogens with zero attached hydrogens (tertiary/aromatic N) is 2. The smallest absolute Gasteiger partial charge is 0.205 e. The lowest BCUT2D eigenvalue weighted by molar-refractivity contribution is 0.345. The van der Waals surface area contributed by atoms with Crippen LogP contribution in [-0.4, -0.2) is 23.6 Å². The Morgan fingerprint density at radius 1 is 1.26 bits per heavy atom. The van der Waals surface area contributed by atoms with Crippen molar-refractivity contribution in [3.63, 3.8) is 0 Å². The lowest BCUT2D eigenvalue weighted by Crippen LogP contribution is -2.15. The van der Waals surface area contributed by atoms with E-state index in [2.05, 4.69) is 20.7 Å². The minimum Gasteiger partial charge on any atom is -0.490 e. The molecule has 0 aromatic carbocycles. The van der Waals surface area contributed by atoms with E-state index in [1.54, 1.807) is 7.11 Å². The topological polar surface area (TPSA) is 85.1 Å². The summed E-state index contributed by atoms with van der Waals surface area (Å²) < 4.78 is 5.28. The van der Waals surface area contributed by atoms with Gasteiger partial charge in [-0.05, 0) is 12.3 Å². The first-order valence-corrected chi connectivity index (χ1v) is 6.94. The Balaban J connectivity index is 1.88. The van der Waals surface area contributed by atoms with Gasteiger partial charge in [0.15, 0.2) is 11.6 Å². The molecule has 6 heteroatoms. The van der Waals surface area contributed by atoms with Crippen molar-refractivity contribution in [3.8, 4) is 5.75 Å². The van der Waals surface area contributed by atoms with E-state index >= 15 is 0 Å². The van der Waals surface area contributed by atoms with Gasteiger partial charge in [0.25, 0.3) is 0 Å². The van der Waals surface area contributed by atoms with Gasteiger partial charge in [0.2, 0.25) is 5.75 Å². The van der Waals surface area contributed by atoms with Gasteiger partial charge >= 0.3 is 0 Å². The summed E-state index contributed by atoms with van der Waals surface area (Å²) in [6, 6.07) is 0. The van der Waals surface area contributed by atoms with Crippen LogP contribution in [0.5, 0.6) is 5.75 Å². The molecule has 1 fully saturated rings. The zero-order valence-corrected chi connectivity index (χ0v) is 11.5. The second-order valence-corrected chi connectivity index (χ2v) is 4.97. The fourth-order valence-electron chi connectivity index (χ4n) is 2.67. The SMILES string of the molecule is COc1c(NN)ncnc1NCCC1CCCCC1. The van der Waals surface area contributed by atoms with Crippen LogP contribution in [0.25, 0.3) is 0 Å². The van der Waals surface area contributed by atoms with Crippen LogP contribution >= 0.6 is 0 Å². The third-order valence-corrected chi connectivity index (χ3v) is 3.71. The zero-order valence-electron chi connectivity index (χ0n) is 11.5. The van der Waals surface area contributed by atoms with Crippen molar-refractivity contribution in [3.05, 3.63) is 6.33 Å². The maximum Gasteiger partial charge on any atom is 0.205 e. The van der Waals surface area contributed by atoms with E-state index in [0.29, 0.717) is 17.4 Å². The van der Waals surface area contributed by atoms with Crippen molar-refractivity contribution in [2.24, 2.45) is 11.8 Å². The Kier molecular flexibility index (Phi) is 5.20. The largest absolute Gasteiger partial charge is 0.490 e. The number of hydrogen-bond donors (Lipinski definition) is 3. The standard InChI is InChI=1S/C13H23N5O/c1-19-11-12(16-9-17-13(11)18-14)15-8-7-10-5-3-2-4-6-10/h9-10H,2-8,14H2,1H3,(H2,15,16,17,18). The van der Waals surface area contributed by atoms with Crippen molar-refractivity contribution < 1.29 is 4.74 Å². The molecule has 1 aliphatic rings. The van der Waals surface area contributed by atoms with Gasteiger partial charge in [0.1, 0.15) is 6.33 Å². The minimum absolute atomic E-state index is 0.498. The average molecular weight is 265 g/mol. The first kappa shape index (κ1) is 13.9. The van der Waals surface area contributed by atoms with Crippen molar-refractivity contribution in [1.29, 1.82) is 0 Å². The molecule has 0 bridgehead atoms. The second-order valence-electron chi connectivity index (χ2n) is 4.97. The zero-order chi connectivity index (χ0) is 13.5. The maximum absolute atomic E-state index is 5.39. The summed E-state index contributed by atoms with van der Waals surface area (Å²) >= 11 is 0. The molecule has 19 heavy (non-hydrogen) atoms. The predicted octanol–water partition coefficient (Wildman–Crippen LogP) is 2.15. The number of hydrazine groups is 1. The molecule has 0 unspecified atom stereocenters. The Morgan fingerprint density at radius 2 is 2.00 bits per heavy atom. The Morgan fingerprint density at radius 3 is 2.68 bits per heavy atom. The fourth-order valence-corrected chi connectivity index (χ4v) is 2.67. The average Bonchev–Trinajstić information content (AvgIpc) is 2.48. The van der Waals surface area contributed by atoms with Gasteiger partial charge < -0.3 is 15.5 Å². The summed E-state index contributed by atoms with van der Waals surface area (Å²) in [5.74, 6) is 8.00. The number of nitrogens with two attached hydrogens (primary N) is 1. The van der Waals surface area contributed by atoms with Crippen molar-refractivity contribution in [2.75, 3.05) is 24.4 Å². The number of anilines is 2. The summed E-state index contributed by atoms with van der Waals surface area (Å²) in [4.78, 5) is 8.21. The summed E-state index contributed by atoms with van der Waals surface area (Å²) in [7, 11) is 1.59. The second kappa shape index (κ2) is 7.13. The fraction of sp³-hybridized carbons (Fsp3) is 0.692. The van der Waals surface area contributed by atoms with Gasteiger partial charge in [-0.3, -0.25) is 0 Å². The highest BCUT2D eigenvalue weighted by Gasteiger charge is 2.14. The summed E-state index contributed by atoms with van der Waals surface area (Å²) in [6.45, 7) is 0.905. The van der Waals surface area contributed by atoms with Gasteiger partial charge in [-0.15, -0.1) is 0 Å². The van der Waals surface area contributed by atoms with Gasteiger partial charge in [0.05, 0.1) is 7.11 Å². The number of aromatic nitrogens is 2. The molecule has 0 spiro atoms. The molecule has 1 heterocycles. The van der Waals surface area contributed by atoms with E-state index in [1.165, 1.54) is 44.9 Å². The molecule has 1 aromatic rings. The van der Waals surface area contributed by atoms with Crippen LogP contribution in [0.2, 0.25) is 0 Å². The lowest BCUT2D eigenvalue weighted by atomic mass is 9.87. The van der Waals surface area contributed by atoms with Crippen LogP contribution in [-0.2, 0) is 0 Å². The van der Waals surface area contributed by atoms with E-state index in [4.69, 9.17) is 10.6 Å². The van der Waals surface area contributed by atoms with Crippen LogP contribution in [0.1, 0.15) is 38.5 Å². The lowest BCUT2D eigenvalue weighted by Gasteiger charge is -2.21. The van der Waals surface area contributed by atoms with Gasteiger partial charge in [0, 0.05) is 6.54 Å². The number of nitrogen functional groups attached to an aromatic ring is 1. The molecule has 4 N–H and O–H groups in total. The molecule has 106 valence electrons. The monoisotopic (exact) mass is 265 g/mol. The molecule has 0 radical (unpaired) electrons. The molecule has 1 aromatic heterocycles. The number of ether oxygens (including phenoxy) is 1. The molecule has 1 aliphatic carbocycles. The van der Waals surface area contributed by atoms with Crippen LogP contribution < -0.4 is 21.3 Å². The molecule has 0 saturated heterocycles. The minimum atomic E-state index is 0.498. The van der Waals surface area contributed by atoms with Crippen molar-refractivity contribution in [1.82, 2.24) is 9.97 Å². The van der Waals surface area contributed by atoms with Crippen molar-refractivity contribution >= 4 is 11.6 Å². The van der Waals surface area contributed by atoms with E-state index < -0.39 is 0 Å². The highest BCUT2D eigenvalue weighted by atomic mass is 16.5. The van der Waals surface area contributed by atoms with Crippen molar-refractivity contribution in [2.45, 2.75) is 38.5 Å². The number of hydrogen-bond acceptors (Lipinski definition) is 6. The van der Waals surface area contributed by atoms with Crippen LogP contribution in [0, 0.1) is 5.92 Å². The summed E-state index contributed by atoms with van der Waals surface area (Å²) in [5.41, 5.74) is 2.51.